The quantitative estimate of drug-likeness (QED) is 0.00777. The molecule has 0 bridgehead atoms. The number of carboxylic acids is 2. The van der Waals surface area contributed by atoms with Crippen LogP contribution in [-0.4, -0.2) is 74.5 Å². The maximum Gasteiger partial charge on any atom is 0.328 e. The minimum atomic E-state index is -3.37. The van der Waals surface area contributed by atoms with E-state index in [-0.39, 0.29) is 60.4 Å². The molecule has 0 saturated carbocycles. The van der Waals surface area contributed by atoms with Crippen LogP contribution >= 0.6 is 0 Å². The van der Waals surface area contributed by atoms with Gasteiger partial charge in [0, 0.05) is 36.1 Å². The van der Waals surface area contributed by atoms with Crippen LogP contribution in [0.5, 0.6) is 0 Å². The third-order valence-corrected chi connectivity index (χ3v) is 14.2. The van der Waals surface area contributed by atoms with E-state index < -0.39 is 22.1 Å². The van der Waals surface area contributed by atoms with Crippen LogP contribution in [0, 0.1) is 89.2 Å². The number of azide groups is 1. The first-order valence-electron chi connectivity index (χ1n) is 28.6. The number of hydrogen-bond donors (Lipinski definition) is 4. The van der Waals surface area contributed by atoms with Gasteiger partial charge in [0.05, 0.1) is 12.9 Å². The summed E-state index contributed by atoms with van der Waals surface area (Å²) >= 11 is 0. The molecule has 0 heterocycles. The number of carbonyl (C=O) groups is 3. The second kappa shape index (κ2) is 44.1. The highest BCUT2D eigenvalue weighted by molar-refractivity contribution is 7.85. The average molecular weight is 1280 g/mol. The van der Waals surface area contributed by atoms with Crippen LogP contribution in [0.15, 0.2) is 139 Å². The van der Waals surface area contributed by atoms with E-state index in [2.05, 4.69) is 14.2 Å². The van der Waals surface area contributed by atoms with Crippen LogP contribution in [-0.2, 0) is 56.0 Å². The molecular weight excluding hydrogens is 1190 g/mol. The molecule has 90 heavy (non-hydrogen) atoms. The largest absolute Gasteiger partial charge is 0.481 e. The zero-order chi connectivity index (χ0) is 67.8. The smallest absolute Gasteiger partial charge is 0.328 e. The van der Waals surface area contributed by atoms with Gasteiger partial charge in [-0.25, -0.2) is 35.5 Å². The van der Waals surface area contributed by atoms with Gasteiger partial charge < -0.3 is 21.1 Å². The third-order valence-electron chi connectivity index (χ3n) is 13.6. The second-order valence-corrected chi connectivity index (χ2v) is 21.8. The van der Waals surface area contributed by atoms with E-state index in [1.54, 1.807) is 103 Å². The Kier molecular flexibility index (Phi) is 38.9. The predicted octanol–water partition coefficient (Wildman–Crippen LogP) is 15.8. The predicted molar refractivity (Wildman–Crippen MR) is 340 cm³/mol. The van der Waals surface area contributed by atoms with Crippen molar-refractivity contribution in [2.45, 2.75) is 113 Å². The lowest BCUT2D eigenvalue weighted by Crippen LogP contribution is -2.05. The summed E-state index contributed by atoms with van der Waals surface area (Å²) in [6, 6.07) is 33.9. The SMILES string of the molecule is Cc1c(F)cccc1/C=C/C(=O)O.Cc1c(F)cccc1C=O.Cc1c(F)cccc1CCC(=O)O.Cc1c(F)cccc1CCCN.Cc1c(F)cccc1CCCN=[N+]=[N-].Cc1c(F)cccc1CCCO.Cc1c(F)cccc1CCCOS(C)(=O)=O. The molecule has 0 spiro atoms. The molecule has 5 N–H and O–H groups in total. The number of hydrogen-bond acceptors (Lipinski definition) is 9. The Morgan fingerprint density at radius 2 is 0.856 bits per heavy atom. The molecule has 0 aliphatic heterocycles. The van der Waals surface area contributed by atoms with Crippen LogP contribution < -0.4 is 5.73 Å². The van der Waals surface area contributed by atoms with Crippen molar-refractivity contribution >= 4 is 34.4 Å². The first-order chi connectivity index (χ1) is 42.6. The first kappa shape index (κ1) is 79.6. The van der Waals surface area contributed by atoms with Crippen molar-refractivity contribution in [2.75, 3.05) is 32.6 Å². The van der Waals surface area contributed by atoms with Crippen molar-refractivity contribution in [3.05, 3.63) is 263 Å². The number of benzene rings is 7. The molecule has 0 saturated heterocycles. The van der Waals surface area contributed by atoms with Gasteiger partial charge in [0.2, 0.25) is 0 Å². The van der Waals surface area contributed by atoms with Crippen LogP contribution in [0.2, 0.25) is 0 Å². The van der Waals surface area contributed by atoms with Crippen molar-refractivity contribution in [3.63, 3.8) is 0 Å². The fourth-order valence-corrected chi connectivity index (χ4v) is 8.41. The van der Waals surface area contributed by atoms with Crippen molar-refractivity contribution in [2.24, 2.45) is 10.8 Å². The lowest BCUT2D eigenvalue weighted by Gasteiger charge is -2.06. The Balaban J connectivity index is 0.000000527. The molecule has 0 aromatic heterocycles. The third kappa shape index (κ3) is 32.1. The van der Waals surface area contributed by atoms with E-state index in [0.29, 0.717) is 89.6 Å². The molecule has 0 fully saturated rings. The minimum Gasteiger partial charge on any atom is -0.481 e. The van der Waals surface area contributed by atoms with Gasteiger partial charge in [0.15, 0.2) is 0 Å². The van der Waals surface area contributed by atoms with Crippen molar-refractivity contribution in [1.29, 1.82) is 0 Å². The van der Waals surface area contributed by atoms with Gasteiger partial charge in [0.25, 0.3) is 10.1 Å². The molecule has 0 aliphatic carbocycles. The molecule has 0 aliphatic rings. The summed E-state index contributed by atoms with van der Waals surface area (Å²) in [5, 5.41) is 28.8. The van der Waals surface area contributed by atoms with E-state index in [4.69, 9.17) is 26.6 Å². The molecule has 0 unspecified atom stereocenters. The number of aliphatic hydroxyl groups is 1. The highest BCUT2D eigenvalue weighted by atomic mass is 32.2. The van der Waals surface area contributed by atoms with E-state index in [1.165, 1.54) is 54.6 Å². The molecule has 7 aromatic carbocycles. The van der Waals surface area contributed by atoms with E-state index >= 15 is 0 Å². The van der Waals surface area contributed by atoms with E-state index in [0.717, 1.165) is 77.8 Å². The Labute approximate surface area is 523 Å². The van der Waals surface area contributed by atoms with E-state index in [1.807, 2.05) is 24.3 Å². The van der Waals surface area contributed by atoms with Crippen molar-refractivity contribution in [3.8, 4) is 0 Å². The van der Waals surface area contributed by atoms with Crippen molar-refractivity contribution in [1.82, 2.24) is 0 Å². The minimum absolute atomic E-state index is 0.0459. The first-order valence-corrected chi connectivity index (χ1v) is 30.4. The Bertz CT molecular complexity index is 3510. The Morgan fingerprint density at radius 3 is 1.19 bits per heavy atom. The number of carbonyl (C=O) groups excluding carboxylic acids is 1. The molecule has 7 rings (SSSR count). The van der Waals surface area contributed by atoms with Crippen LogP contribution in [0.1, 0.15) is 115 Å². The number of aliphatic hydroxyl groups excluding tert-OH is 1. The van der Waals surface area contributed by atoms with Crippen molar-refractivity contribution < 1.29 is 73.0 Å². The van der Waals surface area contributed by atoms with Gasteiger partial charge in [-0.05, 0) is 239 Å². The Morgan fingerprint density at radius 1 is 0.522 bits per heavy atom. The molecule has 0 amide bonds. The standard InChI is InChI=1S/C11H15FO3S.C10H12FN3.C10H14FN.C10H11FO2.C10H9FO2.C10H13FO.C8H7FO/c1-9-10(5-3-7-11(9)12)6-4-8-15-16(2,13)14;1-8-9(4-2-6-10(8)11)5-3-7-13-14-12;1-8-9(5-3-7-12)4-2-6-10(8)11;2*1-7-8(5-6-10(12)13)3-2-4-9(7)11;1-8-9(5-3-7-12)4-2-6-10(8)11;1-6-7(5-10)3-2-4-8(6)9/h3,5,7H,4,6,8H2,1-2H3;2,4,6H,3,5,7H2,1H3;2,4,6H,3,5,7,12H2,1H3;2-4H,5-6H2,1H3,(H,12,13);2-6H,1H3,(H,12,13);2,4,6,12H,3,5,7H2,1H3;2-5H,1H3/b;;;;6-5+;;. The van der Waals surface area contributed by atoms with Crippen LogP contribution in [0.25, 0.3) is 16.5 Å². The van der Waals surface area contributed by atoms with Gasteiger partial charge >= 0.3 is 11.9 Å². The van der Waals surface area contributed by atoms with Gasteiger partial charge in [0.1, 0.15) is 47.0 Å². The van der Waals surface area contributed by atoms with Gasteiger partial charge in [-0.2, -0.15) is 8.42 Å². The number of aryl methyl sites for hydroxylation is 5. The number of aliphatic carboxylic acids is 2. The fraction of sp³-hybridized carbons (Fsp3) is 0.319. The number of nitrogens with zero attached hydrogens (tertiary/aromatic N) is 3. The normalized spacial score (nSPS) is 10.3. The summed E-state index contributed by atoms with van der Waals surface area (Å²) in [6.07, 6.45) is 10.4. The van der Waals surface area contributed by atoms with Gasteiger partial charge in [-0.15, -0.1) is 0 Å². The number of halogens is 7. The molecule has 13 nitrogen and oxygen atoms in total. The van der Waals surface area contributed by atoms with E-state index in [9.17, 15) is 53.5 Å². The number of carboxylic acid groups (broad SMARTS) is 2. The molecule has 0 atom stereocenters. The number of rotatable bonds is 21. The molecule has 0 radical (unpaired) electrons. The highest BCUT2D eigenvalue weighted by Crippen LogP contribution is 2.19. The molecule has 21 heteroatoms. The molecule has 7 aromatic rings. The molecule has 486 valence electrons. The number of aldehydes is 1. The van der Waals surface area contributed by atoms with Crippen LogP contribution in [0.3, 0.4) is 0 Å². The Hall–Kier alpha value is -8.46. The zero-order valence-corrected chi connectivity index (χ0v) is 52.8. The lowest BCUT2D eigenvalue weighted by molar-refractivity contribution is -0.137. The summed E-state index contributed by atoms with van der Waals surface area (Å²) in [5.41, 5.74) is 23.3. The second-order valence-electron chi connectivity index (χ2n) is 20.1. The monoisotopic (exact) mass is 1270 g/mol. The summed E-state index contributed by atoms with van der Waals surface area (Å²) in [4.78, 5) is 33.3. The maximum atomic E-state index is 13.2. The summed E-state index contributed by atoms with van der Waals surface area (Å²) < 4.78 is 117. The lowest BCUT2D eigenvalue weighted by atomic mass is 10.0. The average Bonchev–Trinajstić information content (AvgIpc) is 2.83. The van der Waals surface area contributed by atoms with Crippen LogP contribution in [0.4, 0.5) is 30.7 Å². The summed E-state index contributed by atoms with van der Waals surface area (Å²) in [6.45, 7) is 13.3. The summed E-state index contributed by atoms with van der Waals surface area (Å²) in [7, 11) is -3.37. The highest BCUT2D eigenvalue weighted by Gasteiger charge is 2.09. The summed E-state index contributed by atoms with van der Waals surface area (Å²) in [5.74, 6) is -3.52. The van der Waals surface area contributed by atoms with Gasteiger partial charge in [-0.1, -0.05) is 90.0 Å². The molecular formula is C69H81F7N4O9S. The topological polar surface area (TPSA) is 230 Å². The zero-order valence-electron chi connectivity index (χ0n) is 52.0. The number of nitrogens with two attached hydrogens (primary N) is 1. The van der Waals surface area contributed by atoms with Gasteiger partial charge in [-0.3, -0.25) is 13.8 Å². The fourth-order valence-electron chi connectivity index (χ4n) is 7.99. The maximum absolute atomic E-state index is 13.2.